The molecule has 0 saturated carbocycles. The molecule has 0 aliphatic carbocycles. The predicted octanol–water partition coefficient (Wildman–Crippen LogP) is 1.42. The topological polar surface area (TPSA) is 85.9 Å². The highest BCUT2D eigenvalue weighted by Gasteiger charge is 2.13. The smallest absolute Gasteiger partial charge is 0.227 e. The fourth-order valence-electron chi connectivity index (χ4n) is 1.66. The van der Waals surface area contributed by atoms with Crippen molar-refractivity contribution in [2.45, 2.75) is 13.8 Å². The van der Waals surface area contributed by atoms with Gasteiger partial charge in [-0.3, -0.25) is 10.7 Å². The maximum Gasteiger partial charge on any atom is 0.227 e. The van der Waals surface area contributed by atoms with E-state index in [0.717, 1.165) is 16.6 Å². The minimum Gasteiger partial charge on any atom is -0.343 e. The molecule has 0 fully saturated rings. The maximum atomic E-state index is 9.10. The van der Waals surface area contributed by atoms with Crippen molar-refractivity contribution in [3.63, 3.8) is 0 Å². The summed E-state index contributed by atoms with van der Waals surface area (Å²) < 4.78 is 0. The van der Waals surface area contributed by atoms with Crippen molar-refractivity contribution in [2.24, 2.45) is 0 Å². The monoisotopic (exact) mass is 231 g/mol. The standard InChI is InChI=1S/C11H13N5O/c1-4-5-12-11-14-9-8(10(15-11)16-17)6(2)7(3)13-9/h1,17H,5H2,2-3H3,(H3,12,13,14,15,16). The van der Waals surface area contributed by atoms with Crippen LogP contribution < -0.4 is 10.8 Å². The quantitative estimate of drug-likeness (QED) is 0.474. The molecule has 0 aliphatic rings. The molecule has 6 heteroatoms. The normalized spacial score (nSPS) is 10.2. The van der Waals surface area contributed by atoms with Crippen molar-refractivity contribution in [1.29, 1.82) is 0 Å². The van der Waals surface area contributed by atoms with Gasteiger partial charge in [0.15, 0.2) is 5.82 Å². The average molecular weight is 231 g/mol. The number of terminal acetylenes is 1. The van der Waals surface area contributed by atoms with Gasteiger partial charge >= 0.3 is 0 Å². The predicted molar refractivity (Wildman–Crippen MR) is 66.1 cm³/mol. The van der Waals surface area contributed by atoms with Gasteiger partial charge in [-0.05, 0) is 19.4 Å². The van der Waals surface area contributed by atoms with Gasteiger partial charge in [0, 0.05) is 5.69 Å². The zero-order valence-corrected chi connectivity index (χ0v) is 9.63. The molecule has 0 aromatic carbocycles. The van der Waals surface area contributed by atoms with Crippen LogP contribution in [0.2, 0.25) is 0 Å². The van der Waals surface area contributed by atoms with E-state index in [9.17, 15) is 0 Å². The van der Waals surface area contributed by atoms with Crippen LogP contribution in [-0.2, 0) is 0 Å². The first-order valence-corrected chi connectivity index (χ1v) is 5.11. The second kappa shape index (κ2) is 4.31. The lowest BCUT2D eigenvalue weighted by molar-refractivity contribution is 0.387. The zero-order chi connectivity index (χ0) is 12.4. The summed E-state index contributed by atoms with van der Waals surface area (Å²) in [6.07, 6.45) is 5.15. The Kier molecular flexibility index (Phi) is 2.85. The Hall–Kier alpha value is -2.26. The minimum atomic E-state index is 0.328. The molecule has 17 heavy (non-hydrogen) atoms. The van der Waals surface area contributed by atoms with Crippen LogP contribution in [0.3, 0.4) is 0 Å². The van der Waals surface area contributed by atoms with E-state index in [1.54, 1.807) is 0 Å². The Morgan fingerprint density at radius 1 is 1.41 bits per heavy atom. The SMILES string of the molecule is C#CCNc1nc(NO)c2c(C)c(C)[nH]c2n1. The number of aryl methyl sites for hydroxylation is 2. The Balaban J connectivity index is 2.59. The Bertz CT molecular complexity index is 596. The van der Waals surface area contributed by atoms with E-state index < -0.39 is 0 Å². The molecule has 0 spiro atoms. The van der Waals surface area contributed by atoms with Crippen molar-refractivity contribution < 1.29 is 5.21 Å². The van der Waals surface area contributed by atoms with Gasteiger partial charge in [-0.2, -0.15) is 9.97 Å². The summed E-state index contributed by atoms with van der Waals surface area (Å²) in [4.78, 5) is 11.5. The molecule has 0 saturated heterocycles. The molecule has 0 amide bonds. The maximum absolute atomic E-state index is 9.10. The van der Waals surface area contributed by atoms with E-state index >= 15 is 0 Å². The van der Waals surface area contributed by atoms with Crippen molar-refractivity contribution >= 4 is 22.8 Å². The van der Waals surface area contributed by atoms with Gasteiger partial charge in [0.2, 0.25) is 5.95 Å². The van der Waals surface area contributed by atoms with Crippen molar-refractivity contribution in [3.05, 3.63) is 11.3 Å². The van der Waals surface area contributed by atoms with Gasteiger partial charge in [-0.25, -0.2) is 0 Å². The first-order chi connectivity index (χ1) is 8.17. The molecular formula is C11H13N5O. The first kappa shape index (κ1) is 11.2. The van der Waals surface area contributed by atoms with Crippen LogP contribution in [0.5, 0.6) is 0 Å². The van der Waals surface area contributed by atoms with Gasteiger partial charge in [-0.1, -0.05) is 5.92 Å². The molecule has 0 aliphatic heterocycles. The van der Waals surface area contributed by atoms with E-state index in [4.69, 9.17) is 11.6 Å². The third kappa shape index (κ3) is 1.88. The summed E-state index contributed by atoms with van der Waals surface area (Å²) in [6.45, 7) is 4.20. The summed E-state index contributed by atoms with van der Waals surface area (Å²) in [5.41, 5.74) is 4.72. The van der Waals surface area contributed by atoms with E-state index in [0.29, 0.717) is 24.0 Å². The molecule has 6 nitrogen and oxygen atoms in total. The zero-order valence-electron chi connectivity index (χ0n) is 9.63. The van der Waals surface area contributed by atoms with E-state index in [2.05, 4.69) is 31.7 Å². The number of aromatic amines is 1. The highest BCUT2D eigenvalue weighted by molar-refractivity contribution is 5.91. The molecule has 0 radical (unpaired) electrons. The average Bonchev–Trinajstić information content (AvgIpc) is 2.61. The van der Waals surface area contributed by atoms with Crippen LogP contribution in [0, 0.1) is 26.2 Å². The third-order valence-corrected chi connectivity index (χ3v) is 2.61. The third-order valence-electron chi connectivity index (χ3n) is 2.61. The Labute approximate surface area is 98.4 Å². The largest absolute Gasteiger partial charge is 0.343 e. The number of aromatic nitrogens is 3. The molecule has 0 atom stereocenters. The Morgan fingerprint density at radius 3 is 2.82 bits per heavy atom. The highest BCUT2D eigenvalue weighted by atomic mass is 16.5. The lowest BCUT2D eigenvalue weighted by Crippen LogP contribution is -2.06. The van der Waals surface area contributed by atoms with Crippen molar-refractivity contribution in [3.8, 4) is 12.3 Å². The van der Waals surface area contributed by atoms with Crippen LogP contribution in [0.25, 0.3) is 11.0 Å². The second-order valence-corrected chi connectivity index (χ2v) is 3.66. The van der Waals surface area contributed by atoms with E-state index in [-0.39, 0.29) is 0 Å². The van der Waals surface area contributed by atoms with Gasteiger partial charge in [-0.15, -0.1) is 6.42 Å². The number of nitrogens with one attached hydrogen (secondary N) is 3. The van der Waals surface area contributed by atoms with Gasteiger partial charge in [0.25, 0.3) is 0 Å². The fraction of sp³-hybridized carbons (Fsp3) is 0.273. The summed E-state index contributed by atoms with van der Waals surface area (Å²) in [7, 11) is 0. The second-order valence-electron chi connectivity index (χ2n) is 3.66. The molecule has 2 aromatic rings. The molecule has 2 rings (SSSR count). The number of H-pyrrole nitrogens is 1. The minimum absolute atomic E-state index is 0.328. The van der Waals surface area contributed by atoms with Crippen LogP contribution in [-0.4, -0.2) is 26.7 Å². The van der Waals surface area contributed by atoms with Gasteiger partial charge < -0.3 is 10.3 Å². The number of anilines is 2. The number of hydrogen-bond donors (Lipinski definition) is 4. The molecule has 0 unspecified atom stereocenters. The van der Waals surface area contributed by atoms with E-state index in [1.165, 1.54) is 0 Å². The van der Waals surface area contributed by atoms with Crippen LogP contribution >= 0.6 is 0 Å². The van der Waals surface area contributed by atoms with Crippen molar-refractivity contribution in [1.82, 2.24) is 15.0 Å². The lowest BCUT2D eigenvalue weighted by atomic mass is 10.2. The molecule has 4 N–H and O–H groups in total. The molecular weight excluding hydrogens is 218 g/mol. The Morgan fingerprint density at radius 2 is 2.18 bits per heavy atom. The van der Waals surface area contributed by atoms with Crippen LogP contribution in [0.1, 0.15) is 11.3 Å². The highest BCUT2D eigenvalue weighted by Crippen LogP contribution is 2.26. The van der Waals surface area contributed by atoms with E-state index in [1.807, 2.05) is 13.8 Å². The first-order valence-electron chi connectivity index (χ1n) is 5.11. The van der Waals surface area contributed by atoms with Crippen molar-refractivity contribution in [2.75, 3.05) is 17.3 Å². The number of fused-ring (bicyclic) bond motifs is 1. The molecule has 2 aromatic heterocycles. The van der Waals surface area contributed by atoms with Crippen LogP contribution in [0.15, 0.2) is 0 Å². The number of nitrogens with zero attached hydrogens (tertiary/aromatic N) is 2. The molecule has 2 heterocycles. The molecule has 0 bridgehead atoms. The van der Waals surface area contributed by atoms with Gasteiger partial charge in [0.1, 0.15) is 5.65 Å². The summed E-state index contributed by atoms with van der Waals surface area (Å²) in [6, 6.07) is 0. The number of rotatable bonds is 3. The van der Waals surface area contributed by atoms with Gasteiger partial charge in [0.05, 0.1) is 11.9 Å². The summed E-state index contributed by atoms with van der Waals surface area (Å²) in [5.74, 6) is 3.16. The lowest BCUT2D eigenvalue weighted by Gasteiger charge is -2.05. The molecule has 88 valence electrons. The number of hydrogen-bond acceptors (Lipinski definition) is 5. The summed E-state index contributed by atoms with van der Waals surface area (Å²) >= 11 is 0. The van der Waals surface area contributed by atoms with Crippen LogP contribution in [0.4, 0.5) is 11.8 Å². The summed E-state index contributed by atoms with van der Waals surface area (Å²) in [5, 5.41) is 12.7. The fourth-order valence-corrected chi connectivity index (χ4v) is 1.66.